The Hall–Kier alpha value is -8.69. The van der Waals surface area contributed by atoms with Gasteiger partial charge in [-0.1, -0.05) is 6.07 Å². The maximum Gasteiger partial charge on any atom is 0.296 e. The van der Waals surface area contributed by atoms with Crippen molar-refractivity contribution in [2.45, 2.75) is 34.3 Å². The monoisotopic (exact) mass is 1300 g/mol. The smallest absolute Gasteiger partial charge is 0.296 e. The molecule has 8 aromatic rings. The molecule has 0 aliphatic rings. The van der Waals surface area contributed by atoms with E-state index in [4.69, 9.17) is 10.5 Å². The summed E-state index contributed by atoms with van der Waals surface area (Å²) in [6.45, 7) is 0. The lowest BCUT2D eigenvalue weighted by molar-refractivity contribution is 0.412. The highest BCUT2D eigenvalue weighted by Gasteiger charge is 2.30. The fourth-order valence-corrected chi connectivity index (χ4v) is 12.2. The van der Waals surface area contributed by atoms with Gasteiger partial charge in [0.25, 0.3) is 70.8 Å². The fourth-order valence-electron chi connectivity index (χ4n) is 7.77. The molecule has 0 fully saturated rings. The van der Waals surface area contributed by atoms with Gasteiger partial charge in [0.05, 0.1) is 34.5 Å². The minimum absolute atomic E-state index is 0.0564. The van der Waals surface area contributed by atoms with Gasteiger partial charge in [-0.2, -0.15) is 69.2 Å². The number of hydrogen-bond acceptors (Lipinski definition) is 27. The molecular weight excluding hydrogens is 1270 g/mol. The number of fused-ring (bicyclic) bond motifs is 3. The lowest BCUT2D eigenvalue weighted by Gasteiger charge is -2.14. The summed E-state index contributed by atoms with van der Waals surface area (Å²) in [4.78, 5) is -7.82. The molecule has 84 heavy (non-hydrogen) atoms. The van der Waals surface area contributed by atoms with Gasteiger partial charge in [-0.3, -0.25) is 31.9 Å². The first-order valence-electron chi connectivity index (χ1n) is 21.7. The SMILES string of the molecule is COc1ccc(/N=N\c2c(S(=O)(=O)O)cc3cc(N=Nc4c(S(=O)(=O)O)cc5cc(S(=O)(=O)O)c(N=Nc6ccc7cc(S(=O)(=O)O)c(N=Nc8cc(S(=O)(=O)O)ccc8S(=O)(=O)O)c(O)c7c6)c(O)c5c4N)ccc3c2O)c(S(=O)(=O)O)c1. The summed E-state index contributed by atoms with van der Waals surface area (Å²) in [5, 5.41) is 61.0. The summed E-state index contributed by atoms with van der Waals surface area (Å²) < 4.78 is 248. The zero-order chi connectivity index (χ0) is 62.2. The Morgan fingerprint density at radius 1 is 0.357 bits per heavy atom. The number of anilines is 1. The number of aromatic hydroxyl groups is 3. The number of phenols is 3. The van der Waals surface area contributed by atoms with Crippen LogP contribution in [0.2, 0.25) is 0 Å². The van der Waals surface area contributed by atoms with Crippen LogP contribution < -0.4 is 10.5 Å². The maximum absolute atomic E-state index is 12.8. The van der Waals surface area contributed by atoms with Gasteiger partial charge in [0.1, 0.15) is 69.2 Å². The van der Waals surface area contributed by atoms with Crippen molar-refractivity contribution < 1.29 is 111 Å². The average Bonchev–Trinajstić information content (AvgIpc) is 1.28. The summed E-state index contributed by atoms with van der Waals surface area (Å²) in [5.74, 6) is -3.53. The molecule has 0 amide bonds. The molecule has 0 aliphatic carbocycles. The second-order valence-corrected chi connectivity index (χ2v) is 26.6. The number of rotatable bonds is 16. The Morgan fingerprint density at radius 3 is 1.32 bits per heavy atom. The predicted octanol–water partition coefficient (Wildman–Crippen LogP) is 8.24. The largest absolute Gasteiger partial charge is 0.505 e. The predicted molar refractivity (Wildman–Crippen MR) is 286 cm³/mol. The average molecular weight is 1300 g/mol. The van der Waals surface area contributed by atoms with E-state index >= 15 is 0 Å². The van der Waals surface area contributed by atoms with Crippen molar-refractivity contribution in [2.24, 2.45) is 40.9 Å². The van der Waals surface area contributed by atoms with Gasteiger partial charge in [0.2, 0.25) is 0 Å². The number of nitrogens with two attached hydrogens (primary N) is 1. The van der Waals surface area contributed by atoms with Crippen LogP contribution in [-0.4, -0.2) is 113 Å². The van der Waals surface area contributed by atoms with Gasteiger partial charge in [-0.05, 0) is 101 Å². The minimum atomic E-state index is -5.52. The van der Waals surface area contributed by atoms with E-state index in [1.165, 1.54) is 13.2 Å². The van der Waals surface area contributed by atoms with E-state index in [0.29, 0.717) is 36.4 Å². The molecule has 0 aromatic heterocycles. The molecule has 0 heterocycles. The van der Waals surface area contributed by atoms with E-state index in [1.807, 2.05) is 0 Å². The third-order valence-electron chi connectivity index (χ3n) is 11.5. The third kappa shape index (κ3) is 12.5. The first kappa shape index (κ1) is 61.4. The van der Waals surface area contributed by atoms with Gasteiger partial charge in [-0.25, -0.2) is 0 Å². The van der Waals surface area contributed by atoms with Crippen molar-refractivity contribution in [3.8, 4) is 23.0 Å². The number of azo groups is 4. The zero-order valence-corrected chi connectivity index (χ0v) is 46.6. The van der Waals surface area contributed by atoms with Crippen LogP contribution in [0.15, 0.2) is 172 Å². The number of hydrogen-bond donors (Lipinski definition) is 11. The van der Waals surface area contributed by atoms with E-state index in [9.17, 15) is 106 Å². The molecule has 0 radical (unpaired) electrons. The highest BCUT2D eigenvalue weighted by atomic mass is 32.2. The van der Waals surface area contributed by atoms with E-state index < -0.39 is 184 Å². The van der Waals surface area contributed by atoms with Crippen LogP contribution in [0.1, 0.15) is 0 Å². The lowest BCUT2D eigenvalue weighted by Crippen LogP contribution is -2.03. The molecule has 12 N–H and O–H groups in total. The van der Waals surface area contributed by atoms with Crippen molar-refractivity contribution in [3.05, 3.63) is 97.1 Å². The summed E-state index contributed by atoms with van der Waals surface area (Å²) in [7, 11) is -35.8. The van der Waals surface area contributed by atoms with Crippen LogP contribution in [0.3, 0.4) is 0 Å². The van der Waals surface area contributed by atoms with E-state index in [1.54, 1.807) is 0 Å². The quantitative estimate of drug-likeness (QED) is 0.0246. The molecule has 0 unspecified atom stereocenters. The van der Waals surface area contributed by atoms with E-state index in [-0.39, 0.29) is 27.6 Å². The molecule has 41 heteroatoms. The molecule has 34 nitrogen and oxygen atoms in total. The zero-order valence-electron chi connectivity index (χ0n) is 40.8. The summed E-state index contributed by atoms with van der Waals surface area (Å²) in [5.41, 5.74) is -1.21. The fraction of sp³-hybridized carbons (Fsp3) is 0.0233. The Morgan fingerprint density at radius 2 is 0.798 bits per heavy atom. The van der Waals surface area contributed by atoms with Crippen LogP contribution in [0.5, 0.6) is 23.0 Å². The number of ether oxygens (including phenoxy) is 1. The van der Waals surface area contributed by atoms with Gasteiger partial charge in [0, 0.05) is 16.8 Å². The van der Waals surface area contributed by atoms with Crippen molar-refractivity contribution in [3.63, 3.8) is 0 Å². The molecule has 0 aliphatic heterocycles. The number of methoxy groups -OCH3 is 1. The molecule has 0 atom stereocenters. The van der Waals surface area contributed by atoms with Gasteiger partial charge in [-0.15, -0.1) is 30.7 Å². The summed E-state index contributed by atoms with van der Waals surface area (Å²) >= 11 is 0. The normalized spacial score (nSPS) is 13.4. The Kier molecular flexibility index (Phi) is 15.7. The second-order valence-electron chi connectivity index (χ2n) is 16.9. The second kappa shape index (κ2) is 21.5. The third-order valence-corrected chi connectivity index (χ3v) is 17.6. The Balaban J connectivity index is 1.23. The molecule has 0 bridgehead atoms. The highest BCUT2D eigenvalue weighted by Crippen LogP contribution is 2.50. The first-order valence-corrected chi connectivity index (χ1v) is 31.8. The summed E-state index contributed by atoms with van der Waals surface area (Å²) in [6, 6.07) is 13.0. The van der Waals surface area contributed by atoms with E-state index in [2.05, 4.69) is 40.9 Å². The number of nitrogen functional groups attached to an aromatic ring is 1. The van der Waals surface area contributed by atoms with Crippen molar-refractivity contribution >= 4 is 154 Å². The lowest BCUT2D eigenvalue weighted by atomic mass is 10.0. The maximum atomic E-state index is 12.8. The van der Waals surface area contributed by atoms with Crippen LogP contribution >= 0.6 is 0 Å². The standard InChI is InChI=1S/C43H31N9O25S7/c1-77-23-5-8-27(30(16-23)80(62,63)64)47-51-38-33(83(71,72)73)12-19-10-21(4-7-25(19)41(38)53)45-49-37-31(81(65,66)67)13-20-14-34(84(74,75)76)40(43(55)35(20)36(37)44)50-46-22-3-2-18-11-32(82(68,69)70)39(42(54)26(18)15-22)52-48-28-17-24(78(56,57)58)6-9-29(28)79(59,60)61/h2-17,53-55H,44H2,1H3,(H,56,57,58)(H,59,60,61)(H,62,63,64)(H,65,66,67)(H,68,69,70)(H,71,72,73)(H,74,75,76)/b49-45?,50-46?,51-47-,52-48?. The van der Waals surface area contributed by atoms with Gasteiger partial charge in [0.15, 0.2) is 17.2 Å². The Bertz CT molecular complexity index is 5200. The first-order chi connectivity index (χ1) is 38.7. The number of nitrogens with zero attached hydrogens (tertiary/aromatic N) is 8. The molecular formula is C43H31N9O25S7. The van der Waals surface area contributed by atoms with Crippen LogP contribution in [-0.2, 0) is 70.8 Å². The van der Waals surface area contributed by atoms with Gasteiger partial charge >= 0.3 is 0 Å². The molecule has 8 rings (SSSR count). The van der Waals surface area contributed by atoms with Crippen LogP contribution in [0.4, 0.5) is 51.2 Å². The van der Waals surface area contributed by atoms with Crippen LogP contribution in [0, 0.1) is 0 Å². The minimum Gasteiger partial charge on any atom is -0.505 e. The Labute approximate surface area is 470 Å². The summed E-state index contributed by atoms with van der Waals surface area (Å²) in [6.07, 6.45) is 0. The van der Waals surface area contributed by atoms with Crippen molar-refractivity contribution in [2.75, 3.05) is 12.8 Å². The van der Waals surface area contributed by atoms with Crippen molar-refractivity contribution in [1.29, 1.82) is 0 Å². The molecule has 0 spiro atoms. The van der Waals surface area contributed by atoms with Crippen molar-refractivity contribution in [1.82, 2.24) is 0 Å². The highest BCUT2D eigenvalue weighted by molar-refractivity contribution is 7.87. The van der Waals surface area contributed by atoms with Crippen LogP contribution in [0.25, 0.3) is 32.3 Å². The molecule has 0 saturated heterocycles. The van der Waals surface area contributed by atoms with Gasteiger partial charge < -0.3 is 25.8 Å². The molecule has 0 saturated carbocycles. The topological polar surface area (TPSA) is 575 Å². The molecule has 440 valence electrons. The number of phenolic OH excluding ortho intramolecular Hbond substituents is 3. The van der Waals surface area contributed by atoms with E-state index in [0.717, 1.165) is 54.6 Å². The number of benzene rings is 8. The molecule has 8 aromatic carbocycles.